The molecule has 0 aromatic rings. The van der Waals surface area contributed by atoms with Gasteiger partial charge in [-0.15, -0.1) is 0 Å². The second-order valence-electron chi connectivity index (χ2n) is 8.44. The van der Waals surface area contributed by atoms with Gasteiger partial charge in [0.05, 0.1) is 5.92 Å². The monoisotopic (exact) mass is 336 g/mol. The van der Waals surface area contributed by atoms with Crippen molar-refractivity contribution in [3.8, 4) is 0 Å². The molecule has 0 aromatic heterocycles. The predicted octanol–water partition coefficient (Wildman–Crippen LogP) is 6.67. The minimum absolute atomic E-state index is 0.124. The van der Waals surface area contributed by atoms with Gasteiger partial charge in [0.15, 0.2) is 0 Å². The number of ether oxygens (including phenoxy) is 1. The van der Waals surface area contributed by atoms with E-state index in [0.29, 0.717) is 0 Å². The van der Waals surface area contributed by atoms with Crippen molar-refractivity contribution in [2.45, 2.75) is 116 Å². The van der Waals surface area contributed by atoms with Gasteiger partial charge in [-0.2, -0.15) is 0 Å². The summed E-state index contributed by atoms with van der Waals surface area (Å²) in [5.74, 6) is 2.08. The Balaban J connectivity index is 1.60. The Labute approximate surface area is 150 Å². The summed E-state index contributed by atoms with van der Waals surface area (Å²) >= 11 is 0. The minimum atomic E-state index is 0.124. The standard InChI is InChI=1S/C22H40O2/c1-3-5-7-9-19-10-14-20(15-11-19)22(23)24-21-16-12-18(13-17-21)8-6-4-2/h18-21H,3-17H2,1-2H3. The van der Waals surface area contributed by atoms with E-state index >= 15 is 0 Å². The average molecular weight is 337 g/mol. The van der Waals surface area contributed by atoms with Gasteiger partial charge in [0, 0.05) is 0 Å². The van der Waals surface area contributed by atoms with Crippen LogP contribution in [0, 0.1) is 17.8 Å². The van der Waals surface area contributed by atoms with Crippen LogP contribution in [0.5, 0.6) is 0 Å². The fraction of sp³-hybridized carbons (Fsp3) is 0.955. The summed E-state index contributed by atoms with van der Waals surface area (Å²) in [5, 5.41) is 0. The fourth-order valence-electron chi connectivity index (χ4n) is 4.66. The Kier molecular flexibility index (Phi) is 9.20. The van der Waals surface area contributed by atoms with Gasteiger partial charge in [-0.1, -0.05) is 58.8 Å². The molecule has 0 atom stereocenters. The van der Waals surface area contributed by atoms with Crippen LogP contribution < -0.4 is 0 Å². The Morgan fingerprint density at radius 1 is 0.750 bits per heavy atom. The Morgan fingerprint density at radius 3 is 1.88 bits per heavy atom. The number of rotatable bonds is 9. The molecule has 2 aliphatic rings. The average Bonchev–Trinajstić information content (AvgIpc) is 2.62. The van der Waals surface area contributed by atoms with Gasteiger partial charge in [0.2, 0.25) is 0 Å². The summed E-state index contributed by atoms with van der Waals surface area (Å²) in [6, 6.07) is 0. The van der Waals surface area contributed by atoms with E-state index in [1.165, 1.54) is 70.6 Å². The highest BCUT2D eigenvalue weighted by molar-refractivity contribution is 5.72. The van der Waals surface area contributed by atoms with E-state index in [1.807, 2.05) is 0 Å². The van der Waals surface area contributed by atoms with Crippen molar-refractivity contribution in [1.29, 1.82) is 0 Å². The summed E-state index contributed by atoms with van der Waals surface area (Å²) < 4.78 is 5.88. The molecule has 0 spiro atoms. The van der Waals surface area contributed by atoms with E-state index < -0.39 is 0 Å². The number of esters is 1. The van der Waals surface area contributed by atoms with Gasteiger partial charge >= 0.3 is 5.97 Å². The van der Waals surface area contributed by atoms with Crippen molar-refractivity contribution >= 4 is 5.97 Å². The molecule has 2 heteroatoms. The van der Waals surface area contributed by atoms with Gasteiger partial charge in [0.25, 0.3) is 0 Å². The van der Waals surface area contributed by atoms with Crippen LogP contribution in [-0.4, -0.2) is 12.1 Å². The molecular weight excluding hydrogens is 296 g/mol. The van der Waals surface area contributed by atoms with Crippen molar-refractivity contribution in [2.24, 2.45) is 17.8 Å². The van der Waals surface area contributed by atoms with Gasteiger partial charge in [-0.25, -0.2) is 0 Å². The van der Waals surface area contributed by atoms with E-state index in [2.05, 4.69) is 13.8 Å². The number of hydrogen-bond donors (Lipinski definition) is 0. The summed E-state index contributed by atoms with van der Waals surface area (Å²) in [5.41, 5.74) is 0. The maximum absolute atomic E-state index is 12.5. The first kappa shape index (κ1) is 19.8. The molecule has 2 aliphatic carbocycles. The quantitative estimate of drug-likeness (QED) is 0.347. The van der Waals surface area contributed by atoms with E-state index in [4.69, 9.17) is 4.74 Å². The first-order valence-corrected chi connectivity index (χ1v) is 10.9. The van der Waals surface area contributed by atoms with Crippen LogP contribution in [0.2, 0.25) is 0 Å². The first-order chi connectivity index (χ1) is 11.7. The molecule has 2 saturated carbocycles. The molecule has 2 fully saturated rings. The highest BCUT2D eigenvalue weighted by Crippen LogP contribution is 2.34. The molecule has 0 aromatic carbocycles. The Bertz CT molecular complexity index is 336. The van der Waals surface area contributed by atoms with Crippen LogP contribution in [0.4, 0.5) is 0 Å². The molecule has 2 rings (SSSR count). The van der Waals surface area contributed by atoms with Gasteiger partial charge in [0.1, 0.15) is 6.10 Å². The van der Waals surface area contributed by atoms with Crippen molar-refractivity contribution in [3.63, 3.8) is 0 Å². The number of carbonyl (C=O) groups is 1. The third-order valence-corrected chi connectivity index (χ3v) is 6.44. The molecule has 140 valence electrons. The lowest BCUT2D eigenvalue weighted by Gasteiger charge is -2.31. The van der Waals surface area contributed by atoms with Crippen LogP contribution in [0.25, 0.3) is 0 Å². The van der Waals surface area contributed by atoms with Crippen LogP contribution in [0.15, 0.2) is 0 Å². The fourth-order valence-corrected chi connectivity index (χ4v) is 4.66. The second kappa shape index (κ2) is 11.2. The smallest absolute Gasteiger partial charge is 0.309 e. The zero-order chi connectivity index (χ0) is 17.2. The van der Waals surface area contributed by atoms with Crippen LogP contribution >= 0.6 is 0 Å². The van der Waals surface area contributed by atoms with E-state index in [1.54, 1.807) is 0 Å². The first-order valence-electron chi connectivity index (χ1n) is 10.9. The lowest BCUT2D eigenvalue weighted by molar-refractivity contribution is -0.157. The van der Waals surface area contributed by atoms with Crippen molar-refractivity contribution in [2.75, 3.05) is 0 Å². The van der Waals surface area contributed by atoms with E-state index in [9.17, 15) is 4.79 Å². The number of unbranched alkanes of at least 4 members (excludes halogenated alkanes) is 3. The molecule has 0 unspecified atom stereocenters. The second-order valence-corrected chi connectivity index (χ2v) is 8.44. The number of hydrogen-bond acceptors (Lipinski definition) is 2. The summed E-state index contributed by atoms with van der Waals surface area (Å²) in [4.78, 5) is 12.5. The van der Waals surface area contributed by atoms with Gasteiger partial charge < -0.3 is 4.74 Å². The zero-order valence-corrected chi connectivity index (χ0v) is 16.2. The molecule has 0 bridgehead atoms. The lowest BCUT2D eigenvalue weighted by atomic mass is 9.79. The molecule has 0 amide bonds. The highest BCUT2D eigenvalue weighted by Gasteiger charge is 2.30. The number of carbonyl (C=O) groups excluding carboxylic acids is 1. The molecule has 24 heavy (non-hydrogen) atoms. The van der Waals surface area contributed by atoms with Crippen molar-refractivity contribution in [1.82, 2.24) is 0 Å². The van der Waals surface area contributed by atoms with Gasteiger partial charge in [-0.3, -0.25) is 4.79 Å². The normalized spacial score (nSPS) is 30.9. The summed E-state index contributed by atoms with van der Waals surface area (Å²) in [6.07, 6.45) is 19.0. The van der Waals surface area contributed by atoms with Crippen LogP contribution in [0.1, 0.15) is 110 Å². The van der Waals surface area contributed by atoms with E-state index in [-0.39, 0.29) is 18.0 Å². The molecule has 0 aliphatic heterocycles. The van der Waals surface area contributed by atoms with Crippen LogP contribution in [0.3, 0.4) is 0 Å². The SMILES string of the molecule is CCCCCC1CCC(C(=O)OC2CCC(CCCC)CC2)CC1. The highest BCUT2D eigenvalue weighted by atomic mass is 16.5. The Hall–Kier alpha value is -0.530. The third-order valence-electron chi connectivity index (χ3n) is 6.44. The van der Waals surface area contributed by atoms with Crippen LogP contribution in [-0.2, 0) is 9.53 Å². The summed E-state index contributed by atoms with van der Waals surface area (Å²) in [6.45, 7) is 4.54. The molecular formula is C22H40O2. The maximum Gasteiger partial charge on any atom is 0.309 e. The van der Waals surface area contributed by atoms with Crippen molar-refractivity contribution in [3.05, 3.63) is 0 Å². The molecule has 2 nitrogen and oxygen atoms in total. The Morgan fingerprint density at radius 2 is 1.29 bits per heavy atom. The molecule has 0 radical (unpaired) electrons. The lowest BCUT2D eigenvalue weighted by Crippen LogP contribution is -2.30. The largest absolute Gasteiger partial charge is 0.462 e. The topological polar surface area (TPSA) is 26.3 Å². The maximum atomic E-state index is 12.5. The molecule has 0 heterocycles. The summed E-state index contributed by atoms with van der Waals surface area (Å²) in [7, 11) is 0. The zero-order valence-electron chi connectivity index (χ0n) is 16.2. The predicted molar refractivity (Wildman–Crippen MR) is 101 cm³/mol. The third kappa shape index (κ3) is 6.76. The molecule has 0 N–H and O–H groups in total. The van der Waals surface area contributed by atoms with E-state index in [0.717, 1.165) is 37.5 Å². The van der Waals surface area contributed by atoms with Crippen molar-refractivity contribution < 1.29 is 9.53 Å². The van der Waals surface area contributed by atoms with Gasteiger partial charge in [-0.05, 0) is 63.2 Å². The molecule has 0 saturated heterocycles. The minimum Gasteiger partial charge on any atom is -0.462 e.